The van der Waals surface area contributed by atoms with Gasteiger partial charge in [0.25, 0.3) is 0 Å². The van der Waals surface area contributed by atoms with Gasteiger partial charge in [0, 0.05) is 26.2 Å². The minimum absolute atomic E-state index is 0.163. The molecule has 1 fully saturated rings. The third kappa shape index (κ3) is 2.55. The Kier molecular flexibility index (Phi) is 3.49. The monoisotopic (exact) mass is 238 g/mol. The van der Waals surface area contributed by atoms with Gasteiger partial charge in [0.05, 0.1) is 0 Å². The van der Waals surface area contributed by atoms with Gasteiger partial charge in [-0.1, -0.05) is 0 Å². The van der Waals surface area contributed by atoms with Crippen molar-refractivity contribution in [3.05, 3.63) is 22.4 Å². The topological polar surface area (TPSA) is 23.6 Å². The summed E-state index contributed by atoms with van der Waals surface area (Å²) in [6.07, 6.45) is 2.32. The average molecular weight is 238 g/mol. The lowest BCUT2D eigenvalue weighted by Crippen LogP contribution is -2.41. The maximum absolute atomic E-state index is 12.1. The van der Waals surface area contributed by atoms with Crippen LogP contribution < -0.4 is 0 Å². The van der Waals surface area contributed by atoms with Gasteiger partial charge in [-0.25, -0.2) is 4.79 Å². The molecule has 1 saturated carbocycles. The van der Waals surface area contributed by atoms with Gasteiger partial charge >= 0.3 is 6.03 Å². The van der Waals surface area contributed by atoms with Crippen molar-refractivity contribution in [2.24, 2.45) is 0 Å². The zero-order valence-electron chi connectivity index (χ0n) is 9.85. The Morgan fingerprint density at radius 3 is 2.81 bits per heavy atom. The molecular weight excluding hydrogens is 220 g/mol. The fraction of sp³-hybridized carbons (Fsp3) is 0.583. The van der Waals surface area contributed by atoms with Crippen LogP contribution in [-0.2, 0) is 6.54 Å². The Labute approximate surface area is 101 Å². The van der Waals surface area contributed by atoms with Crippen LogP contribution in [0.4, 0.5) is 4.79 Å². The van der Waals surface area contributed by atoms with E-state index in [1.54, 1.807) is 16.2 Å². The van der Waals surface area contributed by atoms with Gasteiger partial charge < -0.3 is 9.80 Å². The van der Waals surface area contributed by atoms with E-state index in [0.29, 0.717) is 6.04 Å². The predicted octanol–water partition coefficient (Wildman–Crippen LogP) is 2.78. The molecule has 0 atom stereocenters. The normalized spacial score (nSPS) is 14.9. The summed E-state index contributed by atoms with van der Waals surface area (Å²) in [5, 5.41) is 4.18. The van der Waals surface area contributed by atoms with E-state index >= 15 is 0 Å². The van der Waals surface area contributed by atoms with E-state index < -0.39 is 0 Å². The molecule has 0 aromatic carbocycles. The summed E-state index contributed by atoms with van der Waals surface area (Å²) in [7, 11) is 1.87. The number of carbonyl (C=O) groups excluding carboxylic acids is 1. The Morgan fingerprint density at radius 1 is 1.56 bits per heavy atom. The van der Waals surface area contributed by atoms with Crippen LogP contribution >= 0.6 is 11.3 Å². The SMILES string of the molecule is CCN(C)C(=O)N(Cc1ccsc1)C1CC1. The van der Waals surface area contributed by atoms with Gasteiger partial charge in [-0.3, -0.25) is 0 Å². The fourth-order valence-corrected chi connectivity index (χ4v) is 2.33. The van der Waals surface area contributed by atoms with Gasteiger partial charge in [0.1, 0.15) is 0 Å². The van der Waals surface area contributed by atoms with Crippen molar-refractivity contribution in [1.82, 2.24) is 9.80 Å². The largest absolute Gasteiger partial charge is 0.328 e. The third-order valence-corrected chi connectivity index (χ3v) is 3.70. The first-order valence-electron chi connectivity index (χ1n) is 5.75. The van der Waals surface area contributed by atoms with E-state index in [4.69, 9.17) is 0 Å². The number of thiophene rings is 1. The molecule has 0 saturated heterocycles. The van der Waals surface area contributed by atoms with Crippen LogP contribution in [0.3, 0.4) is 0 Å². The number of amides is 2. The number of carbonyl (C=O) groups is 1. The van der Waals surface area contributed by atoms with E-state index in [-0.39, 0.29) is 6.03 Å². The van der Waals surface area contributed by atoms with E-state index in [1.807, 2.05) is 18.9 Å². The van der Waals surface area contributed by atoms with Crippen LogP contribution in [0, 0.1) is 0 Å². The van der Waals surface area contributed by atoms with Crippen LogP contribution in [0.2, 0.25) is 0 Å². The molecule has 2 amide bonds. The predicted molar refractivity (Wildman–Crippen MR) is 66.6 cm³/mol. The van der Waals surface area contributed by atoms with Gasteiger partial charge in [-0.2, -0.15) is 11.3 Å². The first-order valence-corrected chi connectivity index (χ1v) is 6.69. The zero-order chi connectivity index (χ0) is 11.5. The number of rotatable bonds is 4. The highest BCUT2D eigenvalue weighted by molar-refractivity contribution is 7.07. The maximum atomic E-state index is 12.1. The second-order valence-electron chi connectivity index (χ2n) is 4.29. The quantitative estimate of drug-likeness (QED) is 0.791. The van der Waals surface area contributed by atoms with E-state index in [0.717, 1.165) is 25.9 Å². The van der Waals surface area contributed by atoms with Gasteiger partial charge in [-0.05, 0) is 42.2 Å². The third-order valence-electron chi connectivity index (χ3n) is 2.97. The number of urea groups is 1. The standard InChI is InChI=1S/C12H18N2OS/c1-3-13(2)12(15)14(11-4-5-11)8-10-6-7-16-9-10/h6-7,9,11H,3-5,8H2,1-2H3. The first-order chi connectivity index (χ1) is 7.72. The molecule has 0 bridgehead atoms. The molecule has 0 aliphatic heterocycles. The summed E-state index contributed by atoms with van der Waals surface area (Å²) >= 11 is 1.69. The Balaban J connectivity index is 2.02. The summed E-state index contributed by atoms with van der Waals surface area (Å²) in [6, 6.07) is 2.73. The lowest BCUT2D eigenvalue weighted by molar-refractivity contribution is 0.159. The fourth-order valence-electron chi connectivity index (χ4n) is 1.67. The van der Waals surface area contributed by atoms with Crippen LogP contribution in [0.25, 0.3) is 0 Å². The molecule has 1 aromatic heterocycles. The van der Waals surface area contributed by atoms with Gasteiger partial charge in [0.2, 0.25) is 0 Å². The summed E-state index contributed by atoms with van der Waals surface area (Å²) in [6.45, 7) is 3.54. The zero-order valence-corrected chi connectivity index (χ0v) is 10.7. The van der Waals surface area contributed by atoms with Crippen molar-refractivity contribution in [3.8, 4) is 0 Å². The molecule has 1 aromatic rings. The molecule has 2 rings (SSSR count). The van der Waals surface area contributed by atoms with E-state index in [2.05, 4.69) is 16.8 Å². The van der Waals surface area contributed by atoms with Crippen LogP contribution in [0.5, 0.6) is 0 Å². The van der Waals surface area contributed by atoms with Crippen molar-refractivity contribution in [1.29, 1.82) is 0 Å². The molecule has 3 nitrogen and oxygen atoms in total. The number of nitrogens with zero attached hydrogens (tertiary/aromatic N) is 2. The molecular formula is C12H18N2OS. The van der Waals surface area contributed by atoms with E-state index in [9.17, 15) is 4.79 Å². The lowest BCUT2D eigenvalue weighted by atomic mass is 10.3. The summed E-state index contributed by atoms with van der Waals surface area (Å²) in [5.74, 6) is 0. The maximum Gasteiger partial charge on any atom is 0.320 e. The van der Waals surface area contributed by atoms with Crippen molar-refractivity contribution < 1.29 is 4.79 Å². The molecule has 0 radical (unpaired) electrons. The molecule has 1 heterocycles. The summed E-state index contributed by atoms with van der Waals surface area (Å²) in [5.41, 5.74) is 1.25. The second-order valence-corrected chi connectivity index (χ2v) is 5.07. The molecule has 0 spiro atoms. The molecule has 0 unspecified atom stereocenters. The summed E-state index contributed by atoms with van der Waals surface area (Å²) in [4.78, 5) is 15.9. The smallest absolute Gasteiger partial charge is 0.320 e. The Morgan fingerprint density at radius 2 is 2.31 bits per heavy atom. The van der Waals surface area contributed by atoms with Crippen molar-refractivity contribution in [3.63, 3.8) is 0 Å². The van der Waals surface area contributed by atoms with Crippen LogP contribution in [0.15, 0.2) is 16.8 Å². The number of hydrogen-bond acceptors (Lipinski definition) is 2. The molecule has 1 aliphatic carbocycles. The summed E-state index contributed by atoms with van der Waals surface area (Å²) < 4.78 is 0. The molecule has 88 valence electrons. The van der Waals surface area contributed by atoms with E-state index in [1.165, 1.54) is 5.56 Å². The van der Waals surface area contributed by atoms with Crippen molar-refractivity contribution in [2.75, 3.05) is 13.6 Å². The Hall–Kier alpha value is -1.03. The number of hydrogen-bond donors (Lipinski definition) is 0. The highest BCUT2D eigenvalue weighted by Crippen LogP contribution is 2.29. The van der Waals surface area contributed by atoms with Crippen LogP contribution in [0.1, 0.15) is 25.3 Å². The Bertz CT molecular complexity index is 346. The highest BCUT2D eigenvalue weighted by Gasteiger charge is 2.33. The second kappa shape index (κ2) is 4.87. The average Bonchev–Trinajstić information content (AvgIpc) is 3.01. The van der Waals surface area contributed by atoms with Crippen LogP contribution in [-0.4, -0.2) is 35.5 Å². The molecule has 1 aliphatic rings. The molecule has 4 heteroatoms. The lowest BCUT2D eigenvalue weighted by Gasteiger charge is -2.27. The van der Waals surface area contributed by atoms with Gasteiger partial charge in [0.15, 0.2) is 0 Å². The molecule has 0 N–H and O–H groups in total. The highest BCUT2D eigenvalue weighted by atomic mass is 32.1. The van der Waals surface area contributed by atoms with Crippen molar-refractivity contribution in [2.45, 2.75) is 32.4 Å². The molecule has 16 heavy (non-hydrogen) atoms. The minimum atomic E-state index is 0.163. The first kappa shape index (κ1) is 11.5. The minimum Gasteiger partial charge on any atom is -0.328 e. The van der Waals surface area contributed by atoms with Gasteiger partial charge in [-0.15, -0.1) is 0 Å². The van der Waals surface area contributed by atoms with Crippen molar-refractivity contribution >= 4 is 17.4 Å².